The maximum absolute atomic E-state index is 11.3. The molecule has 0 unspecified atom stereocenters. The summed E-state index contributed by atoms with van der Waals surface area (Å²) in [6, 6.07) is 9.35. The van der Waals surface area contributed by atoms with Gasteiger partial charge in [0.25, 0.3) is 0 Å². The van der Waals surface area contributed by atoms with Gasteiger partial charge in [0.05, 0.1) is 12.8 Å². The van der Waals surface area contributed by atoms with E-state index in [1.54, 1.807) is 18.2 Å². The van der Waals surface area contributed by atoms with Gasteiger partial charge in [-0.15, -0.1) is 0 Å². The SMILES string of the molecule is COC(=O)CCc1ccc(O)cc1N=Cc1cc(Cl)ccc1O. The van der Waals surface area contributed by atoms with Crippen LogP contribution in [0.1, 0.15) is 17.5 Å². The molecular weight excluding hydrogens is 318 g/mol. The molecule has 2 aromatic carbocycles. The van der Waals surface area contributed by atoms with Crippen LogP contribution in [0.15, 0.2) is 41.4 Å². The fraction of sp³-hybridized carbons (Fsp3) is 0.176. The highest BCUT2D eigenvalue weighted by Crippen LogP contribution is 2.27. The van der Waals surface area contributed by atoms with Crippen molar-refractivity contribution in [3.05, 3.63) is 52.5 Å². The van der Waals surface area contributed by atoms with Gasteiger partial charge in [-0.3, -0.25) is 9.79 Å². The van der Waals surface area contributed by atoms with Gasteiger partial charge in [0.2, 0.25) is 0 Å². The Balaban J connectivity index is 2.27. The molecule has 0 saturated carbocycles. The minimum Gasteiger partial charge on any atom is -0.508 e. The smallest absolute Gasteiger partial charge is 0.305 e. The first-order chi connectivity index (χ1) is 11.0. The third-order valence-electron chi connectivity index (χ3n) is 3.23. The van der Waals surface area contributed by atoms with Crippen molar-refractivity contribution in [1.82, 2.24) is 0 Å². The van der Waals surface area contributed by atoms with Crippen molar-refractivity contribution >= 4 is 29.5 Å². The second kappa shape index (κ2) is 7.65. The van der Waals surface area contributed by atoms with Crippen LogP contribution in [-0.2, 0) is 16.0 Å². The lowest BCUT2D eigenvalue weighted by molar-refractivity contribution is -0.140. The number of ether oxygens (including phenoxy) is 1. The highest BCUT2D eigenvalue weighted by atomic mass is 35.5. The maximum Gasteiger partial charge on any atom is 0.305 e. The fourth-order valence-electron chi connectivity index (χ4n) is 1.99. The van der Waals surface area contributed by atoms with Crippen LogP contribution in [0.3, 0.4) is 0 Å². The van der Waals surface area contributed by atoms with Gasteiger partial charge >= 0.3 is 5.97 Å². The van der Waals surface area contributed by atoms with Crippen LogP contribution in [0, 0.1) is 0 Å². The highest BCUT2D eigenvalue weighted by Gasteiger charge is 2.07. The fourth-order valence-corrected chi connectivity index (χ4v) is 2.17. The van der Waals surface area contributed by atoms with Crippen LogP contribution in [0.5, 0.6) is 11.5 Å². The Labute approximate surface area is 138 Å². The number of benzene rings is 2. The number of aliphatic imine (C=N–C) groups is 1. The molecule has 2 N–H and O–H groups in total. The zero-order valence-corrected chi connectivity index (χ0v) is 13.2. The summed E-state index contributed by atoms with van der Waals surface area (Å²) in [5.74, 6) is -0.204. The van der Waals surface area contributed by atoms with Crippen LogP contribution in [0.4, 0.5) is 5.69 Å². The van der Waals surface area contributed by atoms with E-state index in [2.05, 4.69) is 9.73 Å². The van der Waals surface area contributed by atoms with E-state index < -0.39 is 0 Å². The van der Waals surface area contributed by atoms with Crippen LogP contribution in [0.25, 0.3) is 0 Å². The predicted octanol–water partition coefficient (Wildman–Crippen LogP) is 3.61. The number of carbonyl (C=O) groups is 1. The summed E-state index contributed by atoms with van der Waals surface area (Å²) >= 11 is 5.89. The van der Waals surface area contributed by atoms with E-state index in [9.17, 15) is 15.0 Å². The zero-order valence-electron chi connectivity index (χ0n) is 12.5. The van der Waals surface area contributed by atoms with Gasteiger partial charge in [-0.1, -0.05) is 17.7 Å². The molecule has 5 nitrogen and oxygen atoms in total. The molecule has 0 aromatic heterocycles. The average Bonchev–Trinajstić information content (AvgIpc) is 2.54. The van der Waals surface area contributed by atoms with Gasteiger partial charge in [0.15, 0.2) is 0 Å². The lowest BCUT2D eigenvalue weighted by Crippen LogP contribution is -2.02. The van der Waals surface area contributed by atoms with E-state index in [0.29, 0.717) is 22.7 Å². The van der Waals surface area contributed by atoms with E-state index in [1.807, 2.05) is 0 Å². The Kier molecular flexibility index (Phi) is 5.60. The van der Waals surface area contributed by atoms with Gasteiger partial charge in [0, 0.05) is 29.3 Å². The summed E-state index contributed by atoms with van der Waals surface area (Å²) in [4.78, 5) is 15.6. The van der Waals surface area contributed by atoms with Gasteiger partial charge in [-0.25, -0.2) is 0 Å². The second-order valence-corrected chi connectivity index (χ2v) is 5.29. The number of hydrogen-bond donors (Lipinski definition) is 2. The molecule has 0 saturated heterocycles. The maximum atomic E-state index is 11.3. The van der Waals surface area contributed by atoms with Crippen molar-refractivity contribution in [2.75, 3.05) is 7.11 Å². The molecule has 0 aliphatic carbocycles. The molecule has 0 fully saturated rings. The molecule has 2 rings (SSSR count). The minimum absolute atomic E-state index is 0.0504. The van der Waals surface area contributed by atoms with Crippen molar-refractivity contribution in [1.29, 1.82) is 0 Å². The zero-order chi connectivity index (χ0) is 16.8. The Hall–Kier alpha value is -2.53. The largest absolute Gasteiger partial charge is 0.508 e. The summed E-state index contributed by atoms with van der Waals surface area (Å²) in [5, 5.41) is 19.9. The van der Waals surface area contributed by atoms with Crippen molar-refractivity contribution in [2.45, 2.75) is 12.8 Å². The van der Waals surface area contributed by atoms with Crippen LogP contribution in [0.2, 0.25) is 5.02 Å². The Bertz CT molecular complexity index is 743. The number of phenolic OH excluding ortho intramolecular Hbond substituents is 2. The lowest BCUT2D eigenvalue weighted by Gasteiger charge is -2.06. The molecule has 0 amide bonds. The first kappa shape index (κ1) is 16.8. The lowest BCUT2D eigenvalue weighted by atomic mass is 10.1. The molecule has 23 heavy (non-hydrogen) atoms. The average molecular weight is 334 g/mol. The number of carbonyl (C=O) groups excluding carboxylic acids is 1. The number of methoxy groups -OCH3 is 1. The summed E-state index contributed by atoms with van der Waals surface area (Å²) in [7, 11) is 1.33. The molecule has 0 bridgehead atoms. The number of nitrogens with zero attached hydrogens (tertiary/aromatic N) is 1. The van der Waals surface area contributed by atoms with Crippen LogP contribution >= 0.6 is 11.6 Å². The van der Waals surface area contributed by atoms with Crippen molar-refractivity contribution in [3.63, 3.8) is 0 Å². The number of rotatable bonds is 5. The van der Waals surface area contributed by atoms with Crippen LogP contribution < -0.4 is 0 Å². The third-order valence-corrected chi connectivity index (χ3v) is 3.46. The molecule has 120 valence electrons. The topological polar surface area (TPSA) is 79.1 Å². The minimum atomic E-state index is -0.319. The Morgan fingerprint density at radius 3 is 2.78 bits per heavy atom. The van der Waals surface area contributed by atoms with E-state index in [-0.39, 0.29) is 23.9 Å². The third kappa shape index (κ3) is 4.72. The standard InChI is InChI=1S/C17H16ClNO4/c1-23-17(22)7-3-11-2-5-14(20)9-15(11)19-10-12-8-13(18)4-6-16(12)21/h2,4-6,8-10,20-21H,3,7H2,1H3. The van der Waals surface area contributed by atoms with Gasteiger partial charge in [-0.05, 0) is 36.2 Å². The number of halogens is 1. The molecule has 0 aliphatic rings. The van der Waals surface area contributed by atoms with Crippen molar-refractivity contribution < 1.29 is 19.7 Å². The van der Waals surface area contributed by atoms with Gasteiger partial charge in [0.1, 0.15) is 11.5 Å². The van der Waals surface area contributed by atoms with Crippen molar-refractivity contribution in [2.24, 2.45) is 4.99 Å². The Morgan fingerprint density at radius 2 is 2.04 bits per heavy atom. The molecule has 6 heteroatoms. The van der Waals surface area contributed by atoms with E-state index in [1.165, 1.54) is 31.5 Å². The number of phenols is 2. The first-order valence-electron chi connectivity index (χ1n) is 6.91. The molecule has 0 heterocycles. The molecular formula is C17H16ClNO4. The molecule has 0 radical (unpaired) electrons. The number of aryl methyl sites for hydroxylation is 1. The summed E-state index contributed by atoms with van der Waals surface area (Å²) in [6.45, 7) is 0. The van der Waals surface area contributed by atoms with Crippen molar-refractivity contribution in [3.8, 4) is 11.5 Å². The number of aromatic hydroxyl groups is 2. The van der Waals surface area contributed by atoms with E-state index >= 15 is 0 Å². The first-order valence-corrected chi connectivity index (χ1v) is 7.28. The van der Waals surface area contributed by atoms with Crippen LogP contribution in [-0.4, -0.2) is 29.5 Å². The highest BCUT2D eigenvalue weighted by molar-refractivity contribution is 6.30. The molecule has 0 aliphatic heterocycles. The molecule has 2 aromatic rings. The summed E-state index contributed by atoms with van der Waals surface area (Å²) in [6.07, 6.45) is 2.10. The van der Waals surface area contributed by atoms with E-state index in [4.69, 9.17) is 11.6 Å². The molecule has 0 spiro atoms. The summed E-state index contributed by atoms with van der Waals surface area (Å²) < 4.78 is 4.62. The quantitative estimate of drug-likeness (QED) is 0.647. The predicted molar refractivity (Wildman–Crippen MR) is 88.8 cm³/mol. The monoisotopic (exact) mass is 333 g/mol. The number of esters is 1. The van der Waals surface area contributed by atoms with Gasteiger partial charge < -0.3 is 14.9 Å². The number of hydrogen-bond acceptors (Lipinski definition) is 5. The Morgan fingerprint density at radius 1 is 1.26 bits per heavy atom. The second-order valence-electron chi connectivity index (χ2n) is 4.85. The van der Waals surface area contributed by atoms with Gasteiger partial charge in [-0.2, -0.15) is 0 Å². The molecule has 0 atom stereocenters. The summed E-state index contributed by atoms with van der Waals surface area (Å²) in [5.41, 5.74) is 1.75. The van der Waals surface area contributed by atoms with E-state index in [0.717, 1.165) is 5.56 Å². The normalized spacial score (nSPS) is 10.9.